The molecular weight excluding hydrogens is 202 g/mol. The lowest BCUT2D eigenvalue weighted by atomic mass is 10.0. The fourth-order valence-electron chi connectivity index (χ4n) is 2.16. The van der Waals surface area contributed by atoms with Crippen molar-refractivity contribution in [3.63, 3.8) is 0 Å². The first kappa shape index (κ1) is 9.09. The van der Waals surface area contributed by atoms with E-state index in [-0.39, 0.29) is 11.8 Å². The van der Waals surface area contributed by atoms with E-state index in [0.717, 1.165) is 16.7 Å². The van der Waals surface area contributed by atoms with Gasteiger partial charge >= 0.3 is 0 Å². The van der Waals surface area contributed by atoms with Gasteiger partial charge in [0.2, 0.25) is 5.91 Å². The molecule has 0 fully saturated rings. The maximum atomic E-state index is 11.7. The van der Waals surface area contributed by atoms with Gasteiger partial charge in [-0.25, -0.2) is 0 Å². The molecule has 1 heterocycles. The van der Waals surface area contributed by atoms with Crippen molar-refractivity contribution in [2.75, 3.05) is 0 Å². The molecule has 0 saturated carbocycles. The molecule has 0 atom stereocenters. The summed E-state index contributed by atoms with van der Waals surface area (Å²) in [5, 5.41) is 2.35. The number of rotatable bonds is 0. The van der Waals surface area contributed by atoms with Crippen LogP contribution in [0.25, 0.3) is 11.1 Å². The average molecular weight is 211 g/mol. The van der Waals surface area contributed by atoms with E-state index in [1.807, 2.05) is 36.4 Å². The van der Waals surface area contributed by atoms with Crippen LogP contribution in [-0.2, 0) is 11.2 Å². The second-order valence-corrected chi connectivity index (χ2v) is 3.88. The van der Waals surface area contributed by atoms with Gasteiger partial charge in [-0.2, -0.15) is 0 Å². The third-order valence-electron chi connectivity index (χ3n) is 2.82. The quantitative estimate of drug-likeness (QED) is 0.673. The summed E-state index contributed by atoms with van der Waals surface area (Å²) in [6.45, 7) is 0. The SMILES string of the molecule is O=C1Cc2cc3cccccc-3c2C(=O)N1. The Morgan fingerprint density at radius 2 is 1.88 bits per heavy atom. The van der Waals surface area contributed by atoms with E-state index in [9.17, 15) is 9.59 Å². The summed E-state index contributed by atoms with van der Waals surface area (Å²) in [7, 11) is 0. The second kappa shape index (κ2) is 3.17. The van der Waals surface area contributed by atoms with E-state index in [4.69, 9.17) is 0 Å². The normalized spacial score (nSPS) is 14.8. The van der Waals surface area contributed by atoms with Crippen LogP contribution in [0.15, 0.2) is 36.4 Å². The van der Waals surface area contributed by atoms with Crippen molar-refractivity contribution in [3.8, 4) is 11.1 Å². The molecule has 3 nitrogen and oxygen atoms in total. The summed E-state index contributed by atoms with van der Waals surface area (Å²) in [5.74, 6) is -0.510. The molecule has 0 aromatic heterocycles. The highest BCUT2D eigenvalue weighted by Gasteiger charge is 2.27. The highest BCUT2D eigenvalue weighted by atomic mass is 16.2. The van der Waals surface area contributed by atoms with E-state index in [1.54, 1.807) is 0 Å². The van der Waals surface area contributed by atoms with Gasteiger partial charge in [-0.15, -0.1) is 0 Å². The Balaban J connectivity index is 2.31. The number of hydrogen-bond donors (Lipinski definition) is 1. The number of fused-ring (bicyclic) bond motifs is 3. The predicted molar refractivity (Wildman–Crippen MR) is 59.2 cm³/mol. The highest BCUT2D eigenvalue weighted by molar-refractivity contribution is 6.14. The Kier molecular flexibility index (Phi) is 1.80. The molecule has 1 N–H and O–H groups in total. The van der Waals surface area contributed by atoms with E-state index in [0.29, 0.717) is 12.0 Å². The molecule has 0 saturated heterocycles. The topological polar surface area (TPSA) is 46.2 Å². The van der Waals surface area contributed by atoms with Gasteiger partial charge in [0.1, 0.15) is 0 Å². The van der Waals surface area contributed by atoms with Crippen molar-refractivity contribution in [2.45, 2.75) is 6.42 Å². The first-order valence-corrected chi connectivity index (χ1v) is 5.10. The lowest BCUT2D eigenvalue weighted by Crippen LogP contribution is -2.36. The zero-order chi connectivity index (χ0) is 11.1. The molecular formula is C13H9NO2. The number of nitrogens with one attached hydrogen (secondary N) is 1. The molecule has 0 bridgehead atoms. The highest BCUT2D eigenvalue weighted by Crippen LogP contribution is 2.32. The molecule has 0 unspecified atom stereocenters. The smallest absolute Gasteiger partial charge is 0.258 e. The van der Waals surface area contributed by atoms with Crippen LogP contribution in [0.1, 0.15) is 15.9 Å². The summed E-state index contributed by atoms with van der Waals surface area (Å²) in [4.78, 5) is 23.0. The van der Waals surface area contributed by atoms with Gasteiger partial charge in [0, 0.05) is 0 Å². The minimum Gasteiger partial charge on any atom is -0.292 e. The molecule has 0 aromatic carbocycles. The van der Waals surface area contributed by atoms with Crippen LogP contribution in [0.2, 0.25) is 0 Å². The van der Waals surface area contributed by atoms with Crippen molar-refractivity contribution in [3.05, 3.63) is 47.5 Å². The Bertz CT molecular complexity index is 574. The Morgan fingerprint density at radius 1 is 1.06 bits per heavy atom. The number of imide groups is 1. The molecule has 78 valence electrons. The van der Waals surface area contributed by atoms with Crippen LogP contribution in [-0.4, -0.2) is 11.8 Å². The van der Waals surface area contributed by atoms with E-state index in [2.05, 4.69) is 5.32 Å². The minimum atomic E-state index is -0.285. The summed E-state index contributed by atoms with van der Waals surface area (Å²) in [6.07, 6.45) is 0.291. The van der Waals surface area contributed by atoms with Gasteiger partial charge in [0.05, 0.1) is 12.0 Å². The molecule has 16 heavy (non-hydrogen) atoms. The lowest BCUT2D eigenvalue weighted by Gasteiger charge is -2.11. The molecule has 3 rings (SSSR count). The summed E-state index contributed by atoms with van der Waals surface area (Å²) >= 11 is 0. The molecule has 0 radical (unpaired) electrons. The average Bonchev–Trinajstić information content (AvgIpc) is 2.42. The molecule has 0 aromatic rings. The van der Waals surface area contributed by atoms with E-state index >= 15 is 0 Å². The van der Waals surface area contributed by atoms with Crippen molar-refractivity contribution in [1.29, 1.82) is 0 Å². The molecule has 0 spiro atoms. The fraction of sp³-hybridized carbons (Fsp3) is 0.0769. The summed E-state index contributed by atoms with van der Waals surface area (Å²) in [6, 6.07) is 11.5. The maximum absolute atomic E-state index is 11.7. The van der Waals surface area contributed by atoms with Gasteiger partial charge in [-0.05, 0) is 22.8 Å². The van der Waals surface area contributed by atoms with Crippen LogP contribution in [0.3, 0.4) is 0 Å². The van der Waals surface area contributed by atoms with Crippen LogP contribution in [0, 0.1) is 0 Å². The number of carbonyl (C=O) groups is 2. The zero-order valence-electron chi connectivity index (χ0n) is 8.49. The zero-order valence-corrected chi connectivity index (χ0v) is 8.49. The molecule has 2 amide bonds. The van der Waals surface area contributed by atoms with Crippen molar-refractivity contribution < 1.29 is 9.59 Å². The van der Waals surface area contributed by atoms with Crippen LogP contribution in [0.4, 0.5) is 0 Å². The number of hydrogen-bond acceptors (Lipinski definition) is 2. The second-order valence-electron chi connectivity index (χ2n) is 3.88. The van der Waals surface area contributed by atoms with Crippen LogP contribution >= 0.6 is 0 Å². The molecule has 1 aliphatic heterocycles. The van der Waals surface area contributed by atoms with Crippen molar-refractivity contribution in [1.82, 2.24) is 5.32 Å². The van der Waals surface area contributed by atoms with Gasteiger partial charge in [0.25, 0.3) is 5.91 Å². The number of amides is 2. The Hall–Kier alpha value is -2.16. The van der Waals surface area contributed by atoms with Crippen LogP contribution in [0.5, 0.6) is 0 Å². The van der Waals surface area contributed by atoms with Gasteiger partial charge in [-0.3, -0.25) is 14.9 Å². The maximum Gasteiger partial charge on any atom is 0.258 e. The van der Waals surface area contributed by atoms with Gasteiger partial charge in [0.15, 0.2) is 0 Å². The third-order valence-corrected chi connectivity index (χ3v) is 2.82. The first-order chi connectivity index (χ1) is 7.75. The fourth-order valence-corrected chi connectivity index (χ4v) is 2.16. The monoisotopic (exact) mass is 211 g/mol. The Labute approximate surface area is 92.4 Å². The number of carbonyl (C=O) groups excluding carboxylic acids is 2. The standard InChI is InChI=1S/C13H9NO2/c15-11-7-9-6-8-4-2-1-3-5-10(8)12(9)13(16)14-11/h1-6H,7H2,(H,14,15,16). The molecule has 2 aliphatic carbocycles. The lowest BCUT2D eigenvalue weighted by molar-refractivity contribution is -0.119. The van der Waals surface area contributed by atoms with E-state index in [1.165, 1.54) is 0 Å². The van der Waals surface area contributed by atoms with Gasteiger partial charge in [-0.1, -0.05) is 30.3 Å². The van der Waals surface area contributed by atoms with E-state index < -0.39 is 0 Å². The Morgan fingerprint density at radius 3 is 2.75 bits per heavy atom. The van der Waals surface area contributed by atoms with Crippen molar-refractivity contribution in [2.24, 2.45) is 0 Å². The molecule has 3 aliphatic rings. The van der Waals surface area contributed by atoms with Gasteiger partial charge < -0.3 is 0 Å². The summed E-state index contributed by atoms with van der Waals surface area (Å²) < 4.78 is 0. The van der Waals surface area contributed by atoms with Crippen molar-refractivity contribution >= 4 is 11.8 Å². The molecule has 3 heteroatoms. The summed E-state index contributed by atoms with van der Waals surface area (Å²) in [5.41, 5.74) is 3.38. The predicted octanol–water partition coefficient (Wildman–Crippen LogP) is 1.60. The largest absolute Gasteiger partial charge is 0.292 e. The third kappa shape index (κ3) is 1.21. The first-order valence-electron chi connectivity index (χ1n) is 5.10. The van der Waals surface area contributed by atoms with Crippen LogP contribution < -0.4 is 5.32 Å². The minimum absolute atomic E-state index is 0.225.